The smallest absolute Gasteiger partial charge is 0.248 e. The van der Waals surface area contributed by atoms with Crippen LogP contribution in [0.2, 0.25) is 0 Å². The van der Waals surface area contributed by atoms with Crippen LogP contribution in [0, 0.1) is 25.7 Å². The number of nitrogens with zero attached hydrogens (tertiary/aromatic N) is 3. The van der Waals surface area contributed by atoms with Gasteiger partial charge in [-0.1, -0.05) is 24.6 Å². The van der Waals surface area contributed by atoms with Crippen LogP contribution in [-0.4, -0.2) is 41.9 Å². The molecule has 29 heavy (non-hydrogen) atoms. The average molecular weight is 421 g/mol. The fourth-order valence-corrected chi connectivity index (χ4v) is 5.79. The van der Waals surface area contributed by atoms with E-state index in [0.29, 0.717) is 43.9 Å². The molecule has 2 aromatic heterocycles. The number of nitrogens with one attached hydrogen (secondary N) is 1. The van der Waals surface area contributed by atoms with Gasteiger partial charge in [0.15, 0.2) is 5.76 Å². The van der Waals surface area contributed by atoms with E-state index < -0.39 is 10.0 Å². The lowest BCUT2D eigenvalue weighted by Gasteiger charge is -2.37. The number of hydrogen-bond donors (Lipinski definition) is 1. The normalized spacial score (nSPS) is 20.5. The number of sulfonamides is 1. The van der Waals surface area contributed by atoms with Gasteiger partial charge in [0, 0.05) is 38.4 Å². The van der Waals surface area contributed by atoms with E-state index in [1.54, 1.807) is 26.2 Å². The first-order valence-electron chi connectivity index (χ1n) is 9.91. The lowest BCUT2D eigenvalue weighted by atomic mass is 9.82. The molecule has 2 atom stereocenters. The molecule has 3 heterocycles. The van der Waals surface area contributed by atoms with E-state index in [0.717, 1.165) is 12.0 Å². The molecule has 0 aliphatic carbocycles. The first-order valence-corrected chi connectivity index (χ1v) is 11.4. The molecular formula is C20H28N4O4S. The minimum absolute atomic E-state index is 0.0145. The van der Waals surface area contributed by atoms with Gasteiger partial charge in [-0.05, 0) is 43.7 Å². The molecule has 0 unspecified atom stereocenters. The van der Waals surface area contributed by atoms with Gasteiger partial charge in [-0.25, -0.2) is 8.42 Å². The van der Waals surface area contributed by atoms with Crippen LogP contribution in [0.3, 0.4) is 0 Å². The van der Waals surface area contributed by atoms with Gasteiger partial charge in [0.05, 0.1) is 0 Å². The number of carbonyl (C=O) groups excluding carboxylic acids is 1. The molecule has 1 aliphatic heterocycles. The van der Waals surface area contributed by atoms with Crippen molar-refractivity contribution in [1.82, 2.24) is 19.8 Å². The number of aromatic nitrogens is 2. The van der Waals surface area contributed by atoms with Gasteiger partial charge in [-0.15, -0.1) is 0 Å². The molecule has 158 valence electrons. The maximum Gasteiger partial charge on any atom is 0.248 e. The zero-order valence-corrected chi connectivity index (χ0v) is 17.9. The highest BCUT2D eigenvalue weighted by molar-refractivity contribution is 7.89. The summed E-state index contributed by atoms with van der Waals surface area (Å²) in [6.45, 7) is 6.54. The summed E-state index contributed by atoms with van der Waals surface area (Å²) in [6.07, 6.45) is 5.29. The van der Waals surface area contributed by atoms with E-state index in [1.165, 1.54) is 4.31 Å². The van der Waals surface area contributed by atoms with E-state index in [4.69, 9.17) is 4.52 Å². The molecule has 9 heteroatoms. The lowest BCUT2D eigenvalue weighted by molar-refractivity contribution is -0.122. The van der Waals surface area contributed by atoms with E-state index >= 15 is 0 Å². The van der Waals surface area contributed by atoms with Crippen molar-refractivity contribution in [3.63, 3.8) is 0 Å². The highest BCUT2D eigenvalue weighted by atomic mass is 32.2. The molecule has 0 aromatic carbocycles. The maximum atomic E-state index is 13.1. The van der Waals surface area contributed by atoms with Crippen molar-refractivity contribution >= 4 is 15.9 Å². The van der Waals surface area contributed by atoms with Crippen molar-refractivity contribution < 1.29 is 17.7 Å². The van der Waals surface area contributed by atoms with Gasteiger partial charge >= 0.3 is 0 Å². The summed E-state index contributed by atoms with van der Waals surface area (Å²) in [6, 6.07) is 3.75. The molecule has 1 fully saturated rings. The molecule has 1 N–H and O–H groups in total. The topological polar surface area (TPSA) is 105 Å². The van der Waals surface area contributed by atoms with Gasteiger partial charge in [-0.2, -0.15) is 4.31 Å². The molecule has 1 aliphatic rings. The Morgan fingerprint density at radius 3 is 2.76 bits per heavy atom. The Balaban J connectivity index is 1.61. The largest absolute Gasteiger partial charge is 0.360 e. The summed E-state index contributed by atoms with van der Waals surface area (Å²) in [7, 11) is -3.65. The van der Waals surface area contributed by atoms with E-state index in [1.807, 2.05) is 19.1 Å². The van der Waals surface area contributed by atoms with E-state index in [-0.39, 0.29) is 22.6 Å². The van der Waals surface area contributed by atoms with Crippen molar-refractivity contribution in [2.24, 2.45) is 11.8 Å². The van der Waals surface area contributed by atoms with Crippen molar-refractivity contribution in [3.8, 4) is 0 Å². The summed E-state index contributed by atoms with van der Waals surface area (Å²) < 4.78 is 32.7. The van der Waals surface area contributed by atoms with E-state index in [2.05, 4.69) is 15.5 Å². The van der Waals surface area contributed by atoms with Gasteiger partial charge in [0.25, 0.3) is 0 Å². The van der Waals surface area contributed by atoms with Crippen LogP contribution in [0.5, 0.6) is 0 Å². The third-order valence-electron chi connectivity index (χ3n) is 5.60. The highest BCUT2D eigenvalue weighted by Crippen LogP contribution is 2.33. The van der Waals surface area contributed by atoms with Crippen LogP contribution in [-0.2, 0) is 21.4 Å². The number of piperidine rings is 1. The second-order valence-electron chi connectivity index (χ2n) is 7.58. The molecule has 8 nitrogen and oxygen atoms in total. The Bertz CT molecular complexity index is 923. The molecule has 1 amide bonds. The van der Waals surface area contributed by atoms with Crippen LogP contribution < -0.4 is 5.32 Å². The van der Waals surface area contributed by atoms with Crippen LogP contribution in [0.25, 0.3) is 0 Å². The Hall–Kier alpha value is -2.26. The molecule has 3 rings (SSSR count). The van der Waals surface area contributed by atoms with Gasteiger partial charge in [0.1, 0.15) is 10.6 Å². The number of pyridine rings is 1. The molecule has 1 saturated heterocycles. The summed E-state index contributed by atoms with van der Waals surface area (Å²) >= 11 is 0. The zero-order valence-electron chi connectivity index (χ0n) is 17.1. The first-order chi connectivity index (χ1) is 13.8. The minimum atomic E-state index is -3.65. The standard InChI is InChI=1S/C20H28N4O4S/c1-4-17-13-24(29(26,27)20-14(2)23-28-15(20)3)9-7-18(17)10-19(25)22-12-16-6-5-8-21-11-16/h5-6,8,11,17-18H,4,7,9-10,12-13H2,1-3H3,(H,22,25)/t17-,18+/m1/s1. The summed E-state index contributed by atoms with van der Waals surface area (Å²) in [5, 5.41) is 6.72. The number of carbonyl (C=O) groups is 1. The van der Waals surface area contributed by atoms with Crippen molar-refractivity contribution in [2.75, 3.05) is 13.1 Å². The SMILES string of the molecule is CC[C@@H]1CN(S(=O)(=O)c2c(C)noc2C)CC[C@H]1CC(=O)NCc1cccnc1. The maximum absolute atomic E-state index is 13.1. The third-order valence-corrected chi connectivity index (χ3v) is 7.71. The van der Waals surface area contributed by atoms with Gasteiger partial charge < -0.3 is 9.84 Å². The Morgan fingerprint density at radius 1 is 1.34 bits per heavy atom. The summed E-state index contributed by atoms with van der Waals surface area (Å²) in [5.41, 5.74) is 1.33. The molecular weight excluding hydrogens is 392 g/mol. The number of rotatable bonds is 7. The number of amides is 1. The summed E-state index contributed by atoms with van der Waals surface area (Å²) in [4.78, 5) is 16.6. The summed E-state index contributed by atoms with van der Waals surface area (Å²) in [5.74, 6) is 0.583. The van der Waals surface area contributed by atoms with Gasteiger partial charge in [0.2, 0.25) is 15.9 Å². The first kappa shape index (κ1) is 21.4. The van der Waals surface area contributed by atoms with Crippen molar-refractivity contribution in [2.45, 2.75) is 51.5 Å². The van der Waals surface area contributed by atoms with Crippen LogP contribution >= 0.6 is 0 Å². The molecule has 0 bridgehead atoms. The molecule has 0 spiro atoms. The van der Waals surface area contributed by atoms with Crippen LogP contribution in [0.15, 0.2) is 33.9 Å². The third kappa shape index (κ3) is 4.84. The quantitative estimate of drug-likeness (QED) is 0.737. The lowest BCUT2D eigenvalue weighted by Crippen LogP contribution is -2.45. The van der Waals surface area contributed by atoms with E-state index in [9.17, 15) is 13.2 Å². The molecule has 0 saturated carbocycles. The Morgan fingerprint density at radius 2 is 2.14 bits per heavy atom. The minimum Gasteiger partial charge on any atom is -0.360 e. The van der Waals surface area contributed by atoms with Crippen molar-refractivity contribution in [3.05, 3.63) is 41.5 Å². The Kier molecular flexibility index (Phi) is 6.69. The molecule has 0 radical (unpaired) electrons. The van der Waals surface area contributed by atoms with Gasteiger partial charge in [-0.3, -0.25) is 9.78 Å². The Labute approximate surface area is 171 Å². The highest BCUT2D eigenvalue weighted by Gasteiger charge is 2.38. The monoisotopic (exact) mass is 420 g/mol. The van der Waals surface area contributed by atoms with Crippen LogP contribution in [0.1, 0.15) is 43.2 Å². The molecule has 2 aromatic rings. The van der Waals surface area contributed by atoms with Crippen LogP contribution in [0.4, 0.5) is 0 Å². The van der Waals surface area contributed by atoms with Crippen molar-refractivity contribution in [1.29, 1.82) is 0 Å². The second kappa shape index (κ2) is 9.04. The second-order valence-corrected chi connectivity index (χ2v) is 9.45. The fourth-order valence-electron chi connectivity index (χ4n) is 3.98. The predicted molar refractivity (Wildman–Crippen MR) is 107 cm³/mol. The number of hydrogen-bond acceptors (Lipinski definition) is 6. The predicted octanol–water partition coefficient (Wildman–Crippen LogP) is 2.43. The fraction of sp³-hybridized carbons (Fsp3) is 0.550. The average Bonchev–Trinajstić information content (AvgIpc) is 3.06. The zero-order chi connectivity index (χ0) is 21.0. The number of aryl methyl sites for hydroxylation is 2.